The number of hydrogen-bond donors (Lipinski definition) is 0. The molecule has 2 aliphatic carbocycles. The highest BCUT2D eigenvalue weighted by Gasteiger charge is 2.52. The van der Waals surface area contributed by atoms with Crippen LogP contribution < -0.4 is 9.80 Å². The molecule has 12 rings (SSSR count). The Bertz CT molecular complexity index is 3190. The van der Waals surface area contributed by atoms with Gasteiger partial charge >= 0.3 is 0 Å². The van der Waals surface area contributed by atoms with E-state index in [9.17, 15) is 0 Å². The van der Waals surface area contributed by atoms with E-state index in [2.05, 4.69) is 240 Å². The minimum absolute atomic E-state index is 0.572. The second-order valence-corrected chi connectivity index (χ2v) is 15.6. The zero-order chi connectivity index (χ0) is 38.9. The number of nitrogens with zero attached hydrogens (tertiary/aromatic N) is 2. The molecule has 59 heavy (non-hydrogen) atoms. The highest BCUT2D eigenvalue weighted by Crippen LogP contribution is 2.65. The molecule has 276 valence electrons. The van der Waals surface area contributed by atoms with Crippen molar-refractivity contribution in [2.24, 2.45) is 0 Å². The molecule has 0 heterocycles. The Morgan fingerprint density at radius 2 is 0.763 bits per heavy atom. The van der Waals surface area contributed by atoms with Crippen LogP contribution in [-0.4, -0.2) is 0 Å². The van der Waals surface area contributed by atoms with Crippen LogP contribution in [0.1, 0.15) is 22.3 Å². The van der Waals surface area contributed by atoms with Crippen LogP contribution in [0.2, 0.25) is 0 Å². The normalized spacial score (nSPS) is 14.5. The Morgan fingerprint density at radius 1 is 0.271 bits per heavy atom. The van der Waals surface area contributed by atoms with Gasteiger partial charge in [-0.15, -0.1) is 0 Å². The van der Waals surface area contributed by atoms with E-state index in [0.29, 0.717) is 0 Å². The molecule has 0 radical (unpaired) electrons. The van der Waals surface area contributed by atoms with Gasteiger partial charge in [-0.25, -0.2) is 0 Å². The first kappa shape index (κ1) is 33.5. The molecule has 1 atom stereocenters. The lowest BCUT2D eigenvalue weighted by molar-refractivity contribution is 0.794. The van der Waals surface area contributed by atoms with Crippen LogP contribution in [0.25, 0.3) is 43.8 Å². The topological polar surface area (TPSA) is 6.48 Å². The summed E-state index contributed by atoms with van der Waals surface area (Å²) in [7, 11) is 0. The van der Waals surface area contributed by atoms with E-state index in [0.717, 1.165) is 34.1 Å². The average Bonchev–Trinajstić information content (AvgIpc) is 3.77. The van der Waals surface area contributed by atoms with Crippen LogP contribution >= 0.6 is 0 Å². The first-order valence-corrected chi connectivity index (χ1v) is 20.4. The molecule has 10 aromatic rings. The molecule has 1 spiro atoms. The van der Waals surface area contributed by atoms with Gasteiger partial charge in [0.15, 0.2) is 0 Å². The highest BCUT2D eigenvalue weighted by atomic mass is 15.1. The van der Waals surface area contributed by atoms with Crippen molar-refractivity contribution in [2.75, 3.05) is 9.80 Å². The Kier molecular flexibility index (Phi) is 7.48. The van der Waals surface area contributed by atoms with E-state index in [4.69, 9.17) is 0 Å². The summed E-state index contributed by atoms with van der Waals surface area (Å²) < 4.78 is 0. The Morgan fingerprint density at radius 3 is 1.46 bits per heavy atom. The maximum atomic E-state index is 2.53. The van der Waals surface area contributed by atoms with Crippen molar-refractivity contribution in [2.45, 2.75) is 5.41 Å². The second kappa shape index (κ2) is 13.2. The average molecular weight is 751 g/mol. The first-order valence-electron chi connectivity index (χ1n) is 20.4. The summed E-state index contributed by atoms with van der Waals surface area (Å²) in [5.74, 6) is 0. The summed E-state index contributed by atoms with van der Waals surface area (Å²) >= 11 is 0. The molecular formula is C57H38N2. The standard InChI is InChI=1S/C57H38N2/c1-4-20-41(21-5-1)58(42-22-6-2-7-23-42)45-34-35-47-46-26-14-16-30-51(46)57(53(47)37-45)52-31-17-15-29-50(52)56-49-28-13-12-27-48(49)55(38-54(56)57)59(43-24-8-3-9-25-43)44-33-32-39-18-10-11-19-40(39)36-44/h1-38H. The lowest BCUT2D eigenvalue weighted by Crippen LogP contribution is -2.26. The number of benzene rings is 10. The van der Waals surface area contributed by atoms with Gasteiger partial charge in [0, 0.05) is 33.8 Å². The Hall–Kier alpha value is -7.68. The monoisotopic (exact) mass is 750 g/mol. The largest absolute Gasteiger partial charge is 0.310 e. The fourth-order valence-electron chi connectivity index (χ4n) is 10.2. The summed E-state index contributed by atoms with van der Waals surface area (Å²) in [4.78, 5) is 4.86. The molecule has 2 nitrogen and oxygen atoms in total. The summed E-state index contributed by atoms with van der Waals surface area (Å²) in [6.07, 6.45) is 0. The van der Waals surface area contributed by atoms with Gasteiger partial charge in [-0.3, -0.25) is 0 Å². The fourth-order valence-corrected chi connectivity index (χ4v) is 10.2. The van der Waals surface area contributed by atoms with E-state index in [1.807, 2.05) is 0 Å². The predicted octanol–water partition coefficient (Wildman–Crippen LogP) is 15.3. The smallest absolute Gasteiger partial charge is 0.0727 e. The van der Waals surface area contributed by atoms with E-state index in [-0.39, 0.29) is 0 Å². The lowest BCUT2D eigenvalue weighted by Gasteiger charge is -2.34. The first-order chi connectivity index (χ1) is 29.3. The SMILES string of the molecule is c1ccc(N(c2ccccc2)c2ccc3c(c2)C2(c4ccccc4-3)c3ccccc3-c3c2cc(N(c2ccccc2)c2ccc4ccccc4c2)c2ccccc32)cc1. The molecule has 10 aromatic carbocycles. The van der Waals surface area contributed by atoms with Crippen LogP contribution in [0.3, 0.4) is 0 Å². The zero-order valence-electron chi connectivity index (χ0n) is 32.3. The molecule has 0 amide bonds. The van der Waals surface area contributed by atoms with E-state index in [1.54, 1.807) is 0 Å². The number of para-hydroxylation sites is 3. The molecule has 0 fully saturated rings. The minimum Gasteiger partial charge on any atom is -0.310 e. The molecule has 0 saturated heterocycles. The Labute approximate surface area is 344 Å². The van der Waals surface area contributed by atoms with Gasteiger partial charge in [0.05, 0.1) is 11.1 Å². The van der Waals surface area contributed by atoms with Crippen molar-refractivity contribution in [3.8, 4) is 22.3 Å². The van der Waals surface area contributed by atoms with Gasteiger partial charge in [-0.1, -0.05) is 164 Å². The number of anilines is 6. The Balaban J connectivity index is 1.19. The van der Waals surface area contributed by atoms with Crippen molar-refractivity contribution >= 4 is 55.7 Å². The zero-order valence-corrected chi connectivity index (χ0v) is 32.3. The van der Waals surface area contributed by atoms with Crippen molar-refractivity contribution < 1.29 is 0 Å². The van der Waals surface area contributed by atoms with Gasteiger partial charge < -0.3 is 9.80 Å². The fraction of sp³-hybridized carbons (Fsp3) is 0.0175. The predicted molar refractivity (Wildman–Crippen MR) is 247 cm³/mol. The van der Waals surface area contributed by atoms with Crippen LogP contribution in [0.4, 0.5) is 34.1 Å². The van der Waals surface area contributed by atoms with Crippen molar-refractivity contribution in [1.29, 1.82) is 0 Å². The molecule has 0 N–H and O–H groups in total. The van der Waals surface area contributed by atoms with E-state index < -0.39 is 5.41 Å². The van der Waals surface area contributed by atoms with Crippen molar-refractivity contribution in [3.05, 3.63) is 253 Å². The van der Waals surface area contributed by atoms with Gasteiger partial charge in [0.1, 0.15) is 0 Å². The van der Waals surface area contributed by atoms with Gasteiger partial charge in [0.2, 0.25) is 0 Å². The number of fused-ring (bicyclic) bond motifs is 13. The third kappa shape index (κ3) is 4.93. The molecule has 1 unspecified atom stereocenters. The van der Waals surface area contributed by atoms with Gasteiger partial charge in [-0.2, -0.15) is 0 Å². The minimum atomic E-state index is -0.572. The highest BCUT2D eigenvalue weighted by molar-refractivity contribution is 6.12. The van der Waals surface area contributed by atoms with E-state index in [1.165, 1.54) is 66.1 Å². The van der Waals surface area contributed by atoms with Crippen LogP contribution in [-0.2, 0) is 5.41 Å². The van der Waals surface area contributed by atoms with Crippen LogP contribution in [0, 0.1) is 0 Å². The van der Waals surface area contributed by atoms with Crippen molar-refractivity contribution in [1.82, 2.24) is 0 Å². The third-order valence-corrected chi connectivity index (χ3v) is 12.6. The lowest BCUT2D eigenvalue weighted by atomic mass is 9.70. The second-order valence-electron chi connectivity index (χ2n) is 15.6. The van der Waals surface area contributed by atoms with Gasteiger partial charge in [-0.05, 0) is 127 Å². The van der Waals surface area contributed by atoms with E-state index >= 15 is 0 Å². The summed E-state index contributed by atoms with van der Waals surface area (Å²) in [6.45, 7) is 0. The molecule has 2 heteroatoms. The summed E-state index contributed by atoms with van der Waals surface area (Å²) in [6, 6.07) is 84.9. The molecule has 0 aromatic heterocycles. The molecule has 0 saturated carbocycles. The maximum Gasteiger partial charge on any atom is 0.0727 e. The molecule has 0 aliphatic heterocycles. The summed E-state index contributed by atoms with van der Waals surface area (Å²) in [5, 5.41) is 4.92. The maximum absolute atomic E-state index is 2.53. The van der Waals surface area contributed by atoms with Gasteiger partial charge in [0.25, 0.3) is 0 Å². The molecule has 2 aliphatic rings. The van der Waals surface area contributed by atoms with Crippen molar-refractivity contribution in [3.63, 3.8) is 0 Å². The third-order valence-electron chi connectivity index (χ3n) is 12.6. The number of hydrogen-bond acceptors (Lipinski definition) is 2. The number of rotatable bonds is 6. The van der Waals surface area contributed by atoms with Crippen LogP contribution in [0.15, 0.2) is 231 Å². The molecular weight excluding hydrogens is 713 g/mol. The molecule has 0 bridgehead atoms. The summed E-state index contributed by atoms with van der Waals surface area (Å²) in [5.41, 5.74) is 16.6. The quantitative estimate of drug-likeness (QED) is 0.167. The van der Waals surface area contributed by atoms with Crippen LogP contribution in [0.5, 0.6) is 0 Å².